The fraction of sp³-hybridized carbons (Fsp3) is 0.174. The molecule has 0 radical (unpaired) electrons. The fourth-order valence-corrected chi connectivity index (χ4v) is 3.36. The van der Waals surface area contributed by atoms with E-state index in [1.807, 2.05) is 6.07 Å². The van der Waals surface area contributed by atoms with E-state index in [2.05, 4.69) is 4.98 Å². The molecule has 1 aromatic heterocycles. The molecule has 3 aromatic rings. The van der Waals surface area contributed by atoms with Crippen molar-refractivity contribution in [2.24, 2.45) is 0 Å². The third-order valence-corrected chi connectivity index (χ3v) is 4.88. The molecular weight excluding hydrogens is 409 g/mol. The average Bonchev–Trinajstić information content (AvgIpc) is 2.77. The fourth-order valence-electron chi connectivity index (χ4n) is 3.36. The van der Waals surface area contributed by atoms with E-state index in [4.69, 9.17) is 14.7 Å². The van der Waals surface area contributed by atoms with E-state index < -0.39 is 17.8 Å². The van der Waals surface area contributed by atoms with Gasteiger partial charge in [0.05, 0.1) is 29.4 Å². The molecule has 0 aliphatic carbocycles. The lowest BCUT2D eigenvalue weighted by Crippen LogP contribution is -2.18. The Morgan fingerprint density at radius 2 is 1.90 bits per heavy atom. The molecule has 1 aliphatic heterocycles. The predicted molar refractivity (Wildman–Crippen MR) is 104 cm³/mol. The second-order valence-corrected chi connectivity index (χ2v) is 6.87. The van der Waals surface area contributed by atoms with Gasteiger partial charge in [-0.15, -0.1) is 0 Å². The van der Waals surface area contributed by atoms with Gasteiger partial charge in [-0.05, 0) is 35.9 Å². The minimum atomic E-state index is -4.64. The number of aromatic nitrogens is 1. The molecule has 0 spiro atoms. The van der Waals surface area contributed by atoms with Gasteiger partial charge >= 0.3 is 6.18 Å². The maximum absolute atomic E-state index is 13.7. The standard InChI is InChI=1S/C23H15F3N2O3/c24-23(25,26)19-13-28-9-7-17(19)22(15-3-1-14(12-27)2-4-15)31-16-5-6-18-20(29)8-10-30-21(18)11-16/h1-7,9,11,13,22H,8,10H2/t22-/m1/s1. The van der Waals surface area contributed by atoms with Gasteiger partial charge in [0.25, 0.3) is 0 Å². The van der Waals surface area contributed by atoms with Crippen LogP contribution in [0.4, 0.5) is 13.2 Å². The molecule has 0 saturated heterocycles. The summed E-state index contributed by atoms with van der Waals surface area (Å²) in [5.74, 6) is 0.510. The van der Waals surface area contributed by atoms with E-state index in [9.17, 15) is 18.0 Å². The van der Waals surface area contributed by atoms with Gasteiger partial charge < -0.3 is 9.47 Å². The van der Waals surface area contributed by atoms with E-state index >= 15 is 0 Å². The highest BCUT2D eigenvalue weighted by Gasteiger charge is 2.36. The first-order chi connectivity index (χ1) is 14.9. The van der Waals surface area contributed by atoms with Crippen LogP contribution in [0.25, 0.3) is 0 Å². The number of benzene rings is 2. The number of halogens is 3. The van der Waals surface area contributed by atoms with E-state index in [0.717, 1.165) is 6.20 Å². The molecule has 0 fully saturated rings. The molecule has 0 unspecified atom stereocenters. The van der Waals surface area contributed by atoms with Crippen molar-refractivity contribution in [1.82, 2.24) is 4.98 Å². The van der Waals surface area contributed by atoms with Gasteiger partial charge in [-0.3, -0.25) is 9.78 Å². The molecule has 156 valence electrons. The lowest BCUT2D eigenvalue weighted by Gasteiger charge is -2.24. The van der Waals surface area contributed by atoms with Crippen LogP contribution in [-0.2, 0) is 6.18 Å². The number of hydrogen-bond donors (Lipinski definition) is 0. The molecule has 5 nitrogen and oxygen atoms in total. The zero-order chi connectivity index (χ0) is 22.0. The number of alkyl halides is 3. The summed E-state index contributed by atoms with van der Waals surface area (Å²) in [6, 6.07) is 13.9. The lowest BCUT2D eigenvalue weighted by molar-refractivity contribution is -0.139. The van der Waals surface area contributed by atoms with Gasteiger partial charge in [-0.2, -0.15) is 18.4 Å². The van der Waals surface area contributed by atoms with Crippen LogP contribution in [0.15, 0.2) is 60.9 Å². The summed E-state index contributed by atoms with van der Waals surface area (Å²) in [6.45, 7) is 0.233. The Balaban J connectivity index is 1.79. The summed E-state index contributed by atoms with van der Waals surface area (Å²) in [5.41, 5.74) is 0.156. The Morgan fingerprint density at radius 3 is 2.61 bits per heavy atom. The summed E-state index contributed by atoms with van der Waals surface area (Å²) in [4.78, 5) is 15.6. The third-order valence-electron chi connectivity index (χ3n) is 4.88. The Bertz CT molecular complexity index is 1170. The maximum Gasteiger partial charge on any atom is 0.418 e. The van der Waals surface area contributed by atoms with Crippen LogP contribution in [0.5, 0.6) is 11.5 Å². The van der Waals surface area contributed by atoms with Crippen LogP contribution in [0.1, 0.15) is 45.1 Å². The Morgan fingerprint density at radius 1 is 1.13 bits per heavy atom. The number of nitriles is 1. The van der Waals surface area contributed by atoms with Crippen LogP contribution in [-0.4, -0.2) is 17.4 Å². The first-order valence-corrected chi connectivity index (χ1v) is 9.34. The lowest BCUT2D eigenvalue weighted by atomic mass is 9.97. The number of fused-ring (bicyclic) bond motifs is 1. The zero-order valence-corrected chi connectivity index (χ0v) is 16.0. The monoisotopic (exact) mass is 424 g/mol. The SMILES string of the molecule is N#Cc1ccc([C@@H](Oc2ccc3c(c2)OCCC3=O)c2ccncc2C(F)(F)F)cc1. The molecule has 0 amide bonds. The summed E-state index contributed by atoms with van der Waals surface area (Å²) < 4.78 is 52.5. The first kappa shape index (κ1) is 20.4. The molecule has 2 heterocycles. The zero-order valence-electron chi connectivity index (χ0n) is 16.0. The van der Waals surface area contributed by atoms with E-state index in [-0.39, 0.29) is 30.1 Å². The molecule has 0 bridgehead atoms. The molecule has 4 rings (SSSR count). The summed E-state index contributed by atoms with van der Waals surface area (Å²) in [5, 5.41) is 9.02. The van der Waals surface area contributed by atoms with Gasteiger partial charge in [0, 0.05) is 30.4 Å². The molecule has 1 atom stereocenters. The number of carbonyl (C=O) groups is 1. The number of ether oxygens (including phenoxy) is 2. The minimum absolute atomic E-state index is 0.0649. The number of ketones is 1. The van der Waals surface area contributed by atoms with Gasteiger partial charge in [-0.25, -0.2) is 0 Å². The van der Waals surface area contributed by atoms with Crippen molar-refractivity contribution in [1.29, 1.82) is 5.26 Å². The van der Waals surface area contributed by atoms with Crippen LogP contribution < -0.4 is 9.47 Å². The van der Waals surface area contributed by atoms with Gasteiger partial charge in [0.2, 0.25) is 0 Å². The van der Waals surface area contributed by atoms with Crippen molar-refractivity contribution in [2.45, 2.75) is 18.7 Å². The molecule has 0 saturated carbocycles. The predicted octanol–water partition coefficient (Wildman–Crippen LogP) is 5.11. The van der Waals surface area contributed by atoms with Crippen molar-refractivity contribution >= 4 is 5.78 Å². The Hall–Kier alpha value is -3.86. The van der Waals surface area contributed by atoms with Crippen LogP contribution in [0.2, 0.25) is 0 Å². The van der Waals surface area contributed by atoms with E-state index in [1.165, 1.54) is 36.5 Å². The average molecular weight is 424 g/mol. The largest absolute Gasteiger partial charge is 0.492 e. The highest BCUT2D eigenvalue weighted by atomic mass is 19.4. The second kappa shape index (κ2) is 8.11. The first-order valence-electron chi connectivity index (χ1n) is 9.34. The van der Waals surface area contributed by atoms with Gasteiger partial charge in [0.15, 0.2) is 5.78 Å². The summed E-state index contributed by atoms with van der Waals surface area (Å²) in [7, 11) is 0. The van der Waals surface area contributed by atoms with Crippen LogP contribution >= 0.6 is 0 Å². The smallest absolute Gasteiger partial charge is 0.418 e. The number of pyridine rings is 1. The van der Waals surface area contributed by atoms with Gasteiger partial charge in [-0.1, -0.05) is 12.1 Å². The third kappa shape index (κ3) is 4.21. The Kier molecular flexibility index (Phi) is 5.34. The topological polar surface area (TPSA) is 72.2 Å². The number of Topliss-reactive ketones (excluding diaryl/α,β-unsaturated/α-hetero) is 1. The van der Waals surface area contributed by atoms with Crippen molar-refractivity contribution in [3.8, 4) is 17.6 Å². The number of nitrogens with zero attached hydrogens (tertiary/aromatic N) is 2. The van der Waals surface area contributed by atoms with Crippen molar-refractivity contribution in [3.63, 3.8) is 0 Å². The van der Waals surface area contributed by atoms with Gasteiger partial charge in [0.1, 0.15) is 17.6 Å². The van der Waals surface area contributed by atoms with Crippen molar-refractivity contribution in [3.05, 3.63) is 88.7 Å². The van der Waals surface area contributed by atoms with Crippen molar-refractivity contribution < 1.29 is 27.4 Å². The second-order valence-electron chi connectivity index (χ2n) is 6.87. The van der Waals surface area contributed by atoms with Crippen LogP contribution in [0.3, 0.4) is 0 Å². The summed E-state index contributed by atoms with van der Waals surface area (Å²) in [6.07, 6.45) is -3.48. The molecule has 2 aromatic carbocycles. The number of hydrogen-bond acceptors (Lipinski definition) is 5. The van der Waals surface area contributed by atoms with E-state index in [0.29, 0.717) is 22.4 Å². The highest BCUT2D eigenvalue weighted by Crippen LogP contribution is 2.39. The minimum Gasteiger partial charge on any atom is -0.492 e. The normalized spacial score (nSPS) is 14.2. The summed E-state index contributed by atoms with van der Waals surface area (Å²) >= 11 is 0. The number of carbonyl (C=O) groups excluding carboxylic acids is 1. The van der Waals surface area contributed by atoms with Crippen LogP contribution in [0, 0.1) is 11.3 Å². The number of rotatable bonds is 4. The maximum atomic E-state index is 13.7. The molecule has 31 heavy (non-hydrogen) atoms. The van der Waals surface area contributed by atoms with Crippen molar-refractivity contribution in [2.75, 3.05) is 6.61 Å². The Labute approximate surface area is 175 Å². The molecule has 8 heteroatoms. The molecule has 1 aliphatic rings. The highest BCUT2D eigenvalue weighted by molar-refractivity contribution is 5.99. The molecular formula is C23H15F3N2O3. The quantitative estimate of drug-likeness (QED) is 0.582. The molecule has 0 N–H and O–H groups in total. The van der Waals surface area contributed by atoms with E-state index in [1.54, 1.807) is 18.2 Å².